The van der Waals surface area contributed by atoms with Gasteiger partial charge in [0.25, 0.3) is 0 Å². The number of oxazole rings is 2. The Morgan fingerprint density at radius 1 is 0.800 bits per heavy atom. The van der Waals surface area contributed by atoms with Gasteiger partial charge in [0.2, 0.25) is 18.2 Å². The number of hydrogen-bond acceptors (Lipinski definition) is 7. The highest BCUT2D eigenvalue weighted by Crippen LogP contribution is 2.39. The van der Waals surface area contributed by atoms with Crippen molar-refractivity contribution in [2.45, 2.75) is 52.6 Å². The number of nitrogens with zero attached hydrogens (tertiary/aromatic N) is 5. The number of likely N-dealkylation sites (tertiary alicyclic amines) is 2. The van der Waals surface area contributed by atoms with Gasteiger partial charge in [0.1, 0.15) is 17.1 Å². The van der Waals surface area contributed by atoms with Crippen molar-refractivity contribution >= 4 is 22.2 Å². The fourth-order valence-corrected chi connectivity index (χ4v) is 7.51. The fourth-order valence-electron chi connectivity index (χ4n) is 7.51. The molecule has 0 atom stereocenters. The van der Waals surface area contributed by atoms with Crippen LogP contribution in [0.3, 0.4) is 0 Å². The first-order valence-electron chi connectivity index (χ1n) is 17.1. The molecular formula is C41H37F2N5O2. The molecule has 2 aliphatic rings. The molecule has 0 unspecified atom stereocenters. The molecule has 2 saturated heterocycles. The molecule has 0 spiro atoms. The van der Waals surface area contributed by atoms with Crippen LogP contribution in [0.2, 0.25) is 0 Å². The van der Waals surface area contributed by atoms with Gasteiger partial charge in [-0.05, 0) is 121 Å². The van der Waals surface area contributed by atoms with E-state index in [0.717, 1.165) is 90.1 Å². The first-order valence-corrected chi connectivity index (χ1v) is 17.1. The van der Waals surface area contributed by atoms with Gasteiger partial charge in [0.05, 0.1) is 5.56 Å². The zero-order valence-corrected chi connectivity index (χ0v) is 28.2. The Morgan fingerprint density at radius 3 is 2.08 bits per heavy atom. The molecule has 9 heteroatoms. The van der Waals surface area contributed by atoms with E-state index in [1.807, 2.05) is 56.3 Å². The second-order valence-electron chi connectivity index (χ2n) is 13.7. The molecular weight excluding hydrogens is 632 g/mol. The van der Waals surface area contributed by atoms with Crippen LogP contribution in [-0.4, -0.2) is 52.4 Å². The monoisotopic (exact) mass is 669 g/mol. The third-order valence-corrected chi connectivity index (χ3v) is 10.1. The summed E-state index contributed by atoms with van der Waals surface area (Å²) in [5, 5.41) is 9.94. The summed E-state index contributed by atoms with van der Waals surface area (Å²) in [5.74, 6) is 0.915. The van der Waals surface area contributed by atoms with Gasteiger partial charge < -0.3 is 8.83 Å². The summed E-state index contributed by atoms with van der Waals surface area (Å²) in [6, 6.07) is 21.9. The average Bonchev–Trinajstić information content (AvgIpc) is 3.84. The van der Waals surface area contributed by atoms with Crippen molar-refractivity contribution < 1.29 is 17.6 Å². The quantitative estimate of drug-likeness (QED) is 0.142. The van der Waals surface area contributed by atoms with Gasteiger partial charge in [-0.1, -0.05) is 30.8 Å². The zero-order valence-electron chi connectivity index (χ0n) is 28.2. The second kappa shape index (κ2) is 12.9. The summed E-state index contributed by atoms with van der Waals surface area (Å²) in [6.45, 7) is 13.2. The van der Waals surface area contributed by atoms with Crippen LogP contribution in [0.5, 0.6) is 0 Å². The third kappa shape index (κ3) is 5.99. The Hall–Kier alpha value is -5.17. The van der Waals surface area contributed by atoms with Crippen molar-refractivity contribution in [2.75, 3.05) is 26.2 Å². The lowest BCUT2D eigenvalue weighted by Crippen LogP contribution is -2.38. The second-order valence-corrected chi connectivity index (χ2v) is 13.7. The maximum Gasteiger partial charge on any atom is 0.242 e. The Balaban J connectivity index is 1.14. The van der Waals surface area contributed by atoms with Crippen LogP contribution in [0.1, 0.15) is 46.2 Å². The molecule has 50 heavy (non-hydrogen) atoms. The van der Waals surface area contributed by atoms with E-state index in [-0.39, 0.29) is 6.42 Å². The van der Waals surface area contributed by atoms with E-state index in [9.17, 15) is 14.0 Å². The topological polar surface area (TPSA) is 82.3 Å². The molecule has 0 N–H and O–H groups in total. The Kier molecular flexibility index (Phi) is 8.30. The lowest BCUT2D eigenvalue weighted by atomic mass is 9.91. The van der Waals surface area contributed by atoms with E-state index in [2.05, 4.69) is 34.6 Å². The van der Waals surface area contributed by atoms with Crippen LogP contribution in [0, 0.1) is 25.2 Å². The first-order chi connectivity index (χ1) is 24.2. The maximum atomic E-state index is 13.6. The zero-order chi connectivity index (χ0) is 34.5. The molecule has 0 aliphatic carbocycles. The molecule has 2 aromatic heterocycles. The van der Waals surface area contributed by atoms with Crippen LogP contribution >= 0.6 is 0 Å². The smallest absolute Gasteiger partial charge is 0.242 e. The molecule has 6 aromatic rings. The SMILES string of the molecule is C=C1CN(Cc2cc(C#N)c3oc(-c4cccc(-c5cccc(-c6nc7cc(CN8CCCC8)c(CC(F)F)cc7o6)c5C)c4C)nc3c2)C1. The van der Waals surface area contributed by atoms with E-state index in [1.54, 1.807) is 6.07 Å². The lowest BCUT2D eigenvalue weighted by molar-refractivity contribution is 0.148. The summed E-state index contributed by atoms with van der Waals surface area (Å²) in [7, 11) is 0. The normalized spacial score (nSPS) is 15.4. The van der Waals surface area contributed by atoms with E-state index >= 15 is 0 Å². The van der Waals surface area contributed by atoms with Crippen LogP contribution in [0.25, 0.3) is 56.2 Å². The minimum absolute atomic E-state index is 0.312. The number of rotatable bonds is 9. The molecule has 4 aromatic carbocycles. The fraction of sp³-hybridized carbons (Fsp3) is 0.293. The Labute approximate surface area is 289 Å². The number of nitriles is 1. The highest BCUT2D eigenvalue weighted by Gasteiger charge is 2.23. The molecule has 0 amide bonds. The minimum Gasteiger partial charge on any atom is -0.436 e. The summed E-state index contributed by atoms with van der Waals surface area (Å²) in [4.78, 5) is 14.3. The molecule has 4 heterocycles. The molecule has 2 fully saturated rings. The first kappa shape index (κ1) is 32.1. The van der Waals surface area contributed by atoms with Gasteiger partial charge in [0.15, 0.2) is 11.2 Å². The summed E-state index contributed by atoms with van der Waals surface area (Å²) in [6.07, 6.45) is -0.492. The van der Waals surface area contributed by atoms with E-state index in [0.29, 0.717) is 51.7 Å². The number of halogens is 2. The van der Waals surface area contributed by atoms with Gasteiger partial charge in [-0.3, -0.25) is 9.80 Å². The van der Waals surface area contributed by atoms with E-state index < -0.39 is 6.43 Å². The largest absolute Gasteiger partial charge is 0.436 e. The molecule has 252 valence electrons. The summed E-state index contributed by atoms with van der Waals surface area (Å²) >= 11 is 0. The number of alkyl halides is 2. The standard InChI is InChI=1S/C41H37F2N5O2/c1-24-20-48(21-24)22-27-14-29(19-44)39-36(15-27)46-41(50-39)34-11-7-9-32(26(34)3)31-8-6-10-33(25(31)2)40-45-35-16-30(23-47-12-4-5-13-47)28(18-38(42)43)17-37(35)49-40/h6-11,14-17,38H,1,4-5,12-13,18,20-23H2,2-3H3. The van der Waals surface area contributed by atoms with E-state index in [1.165, 1.54) is 5.57 Å². The number of benzene rings is 4. The molecule has 7 nitrogen and oxygen atoms in total. The predicted octanol–water partition coefficient (Wildman–Crippen LogP) is 9.23. The Bertz CT molecular complexity index is 2320. The number of fused-ring (bicyclic) bond motifs is 2. The molecule has 0 saturated carbocycles. The summed E-state index contributed by atoms with van der Waals surface area (Å²) in [5.41, 5.74) is 12.2. The van der Waals surface area contributed by atoms with Gasteiger partial charge in [-0.2, -0.15) is 5.26 Å². The van der Waals surface area contributed by atoms with Crippen molar-refractivity contribution in [3.05, 3.63) is 106 Å². The van der Waals surface area contributed by atoms with Gasteiger partial charge >= 0.3 is 0 Å². The molecule has 0 bridgehead atoms. The Morgan fingerprint density at radius 2 is 1.44 bits per heavy atom. The van der Waals surface area contributed by atoms with Gasteiger partial charge in [-0.15, -0.1) is 0 Å². The summed E-state index contributed by atoms with van der Waals surface area (Å²) < 4.78 is 39.7. The van der Waals surface area contributed by atoms with Crippen molar-refractivity contribution in [1.29, 1.82) is 5.26 Å². The molecule has 2 aliphatic heterocycles. The highest BCUT2D eigenvalue weighted by molar-refractivity contribution is 5.86. The van der Waals surface area contributed by atoms with Crippen molar-refractivity contribution in [1.82, 2.24) is 19.8 Å². The average molecular weight is 670 g/mol. The highest BCUT2D eigenvalue weighted by atomic mass is 19.3. The van der Waals surface area contributed by atoms with Crippen molar-refractivity contribution in [2.24, 2.45) is 0 Å². The van der Waals surface area contributed by atoms with Crippen LogP contribution in [0.15, 0.2) is 81.7 Å². The van der Waals surface area contributed by atoms with Crippen LogP contribution in [0.4, 0.5) is 8.78 Å². The molecule has 0 radical (unpaired) electrons. The van der Waals surface area contributed by atoms with Crippen molar-refractivity contribution in [3.8, 4) is 40.1 Å². The number of hydrogen-bond donors (Lipinski definition) is 0. The van der Waals surface area contributed by atoms with Gasteiger partial charge in [0, 0.05) is 43.7 Å². The van der Waals surface area contributed by atoms with Crippen LogP contribution < -0.4 is 0 Å². The van der Waals surface area contributed by atoms with Gasteiger partial charge in [-0.25, -0.2) is 18.7 Å². The third-order valence-electron chi connectivity index (χ3n) is 10.1. The predicted molar refractivity (Wildman–Crippen MR) is 191 cm³/mol. The minimum atomic E-state index is -2.44. The number of aromatic nitrogens is 2. The molecule has 8 rings (SSSR count). The van der Waals surface area contributed by atoms with Crippen LogP contribution in [-0.2, 0) is 19.5 Å². The maximum absolute atomic E-state index is 13.6. The van der Waals surface area contributed by atoms with E-state index in [4.69, 9.17) is 18.8 Å². The van der Waals surface area contributed by atoms with Crippen molar-refractivity contribution in [3.63, 3.8) is 0 Å². The lowest BCUT2D eigenvalue weighted by Gasteiger charge is -2.33.